The molecule has 0 aliphatic carbocycles. The smallest absolute Gasteiger partial charge is 0.179 e. The minimum atomic E-state index is -3.56. The molecule has 1 aromatic carbocycles. The number of nitrogens with zero attached hydrogens (tertiary/aromatic N) is 1. The molecule has 0 amide bonds. The highest BCUT2D eigenvalue weighted by molar-refractivity contribution is 7.91. The Balaban J connectivity index is 3.04. The van der Waals surface area contributed by atoms with Crippen molar-refractivity contribution < 1.29 is 12.8 Å². The fourth-order valence-corrected chi connectivity index (χ4v) is 2.85. The van der Waals surface area contributed by atoms with Crippen molar-refractivity contribution >= 4 is 9.84 Å². The zero-order chi connectivity index (χ0) is 12.2. The summed E-state index contributed by atoms with van der Waals surface area (Å²) < 4.78 is 36.2. The quantitative estimate of drug-likeness (QED) is 0.810. The third kappa shape index (κ3) is 3.04. The summed E-state index contributed by atoms with van der Waals surface area (Å²) in [6.45, 7) is 1.31. The van der Waals surface area contributed by atoms with Gasteiger partial charge in [0, 0.05) is 0 Å². The lowest BCUT2D eigenvalue weighted by Crippen LogP contribution is -2.11. The van der Waals surface area contributed by atoms with Crippen LogP contribution in [-0.2, 0) is 9.84 Å². The first-order chi connectivity index (χ1) is 7.47. The Morgan fingerprint density at radius 3 is 2.62 bits per heavy atom. The molecule has 86 valence electrons. The van der Waals surface area contributed by atoms with E-state index in [4.69, 9.17) is 5.26 Å². The minimum Gasteiger partial charge on any atom is -0.248 e. The Labute approximate surface area is 94.4 Å². The van der Waals surface area contributed by atoms with Gasteiger partial charge in [-0.25, -0.2) is 12.8 Å². The zero-order valence-electron chi connectivity index (χ0n) is 8.85. The molecular weight excluding hydrogens is 229 g/mol. The molecule has 1 rings (SSSR count). The topological polar surface area (TPSA) is 57.9 Å². The van der Waals surface area contributed by atoms with Crippen LogP contribution in [0.15, 0.2) is 29.2 Å². The minimum absolute atomic E-state index is 0.0156. The van der Waals surface area contributed by atoms with Gasteiger partial charge in [-0.2, -0.15) is 5.26 Å². The predicted octanol–water partition coefficient (Wildman–Crippen LogP) is 2.08. The van der Waals surface area contributed by atoms with E-state index in [1.54, 1.807) is 12.1 Å². The fraction of sp³-hybridized carbons (Fsp3) is 0.364. The van der Waals surface area contributed by atoms with Crippen LogP contribution in [0.25, 0.3) is 0 Å². The predicted molar refractivity (Wildman–Crippen MR) is 58.4 cm³/mol. The average Bonchev–Trinajstić information content (AvgIpc) is 2.26. The number of benzene rings is 1. The maximum atomic E-state index is 12.6. The molecule has 5 heteroatoms. The summed E-state index contributed by atoms with van der Waals surface area (Å²) in [6.07, 6.45) is -1.22. The van der Waals surface area contributed by atoms with E-state index < -0.39 is 16.0 Å². The van der Waals surface area contributed by atoms with Gasteiger partial charge in [0.25, 0.3) is 0 Å². The van der Waals surface area contributed by atoms with Gasteiger partial charge in [0.05, 0.1) is 22.4 Å². The lowest BCUT2D eigenvalue weighted by molar-refractivity contribution is 0.352. The summed E-state index contributed by atoms with van der Waals surface area (Å²) in [5.74, 6) is -0.274. The summed E-state index contributed by atoms with van der Waals surface area (Å²) in [5.41, 5.74) is 0.106. The molecule has 0 saturated carbocycles. The summed E-state index contributed by atoms with van der Waals surface area (Å²) in [5, 5.41) is 8.77. The lowest BCUT2D eigenvalue weighted by Gasteiger charge is -2.06. The standard InChI is InChI=1S/C11H12FNO2S/c1-9(12)6-7-16(14,15)11-5-3-2-4-10(11)8-13/h2-5,9H,6-7H2,1H3. The second-order valence-corrected chi connectivity index (χ2v) is 5.57. The summed E-state index contributed by atoms with van der Waals surface area (Å²) in [4.78, 5) is -0.0156. The molecule has 0 spiro atoms. The van der Waals surface area contributed by atoms with Gasteiger partial charge in [0.1, 0.15) is 6.07 Å². The number of rotatable bonds is 4. The fourth-order valence-electron chi connectivity index (χ4n) is 1.26. The molecule has 0 aliphatic rings. The molecule has 0 heterocycles. The van der Waals surface area contributed by atoms with Gasteiger partial charge >= 0.3 is 0 Å². The third-order valence-electron chi connectivity index (χ3n) is 2.13. The highest BCUT2D eigenvalue weighted by Crippen LogP contribution is 2.17. The van der Waals surface area contributed by atoms with E-state index in [1.165, 1.54) is 19.1 Å². The van der Waals surface area contributed by atoms with Crippen molar-refractivity contribution in [2.24, 2.45) is 0 Å². The number of nitriles is 1. The second-order valence-electron chi connectivity index (χ2n) is 3.50. The molecule has 0 saturated heterocycles. The van der Waals surface area contributed by atoms with Gasteiger partial charge in [0.15, 0.2) is 9.84 Å². The molecular formula is C11H12FNO2S. The van der Waals surface area contributed by atoms with E-state index >= 15 is 0 Å². The highest BCUT2D eigenvalue weighted by Gasteiger charge is 2.19. The third-order valence-corrected chi connectivity index (χ3v) is 3.93. The van der Waals surface area contributed by atoms with Crippen molar-refractivity contribution in [2.75, 3.05) is 5.75 Å². The van der Waals surface area contributed by atoms with Crippen LogP contribution in [0.5, 0.6) is 0 Å². The van der Waals surface area contributed by atoms with E-state index in [0.29, 0.717) is 0 Å². The molecule has 1 unspecified atom stereocenters. The largest absolute Gasteiger partial charge is 0.248 e. The van der Waals surface area contributed by atoms with Crippen molar-refractivity contribution in [3.8, 4) is 6.07 Å². The van der Waals surface area contributed by atoms with Gasteiger partial charge in [-0.3, -0.25) is 0 Å². The summed E-state index contributed by atoms with van der Waals surface area (Å²) in [7, 11) is -3.56. The zero-order valence-corrected chi connectivity index (χ0v) is 9.67. The Morgan fingerprint density at radius 2 is 2.06 bits per heavy atom. The van der Waals surface area contributed by atoms with Gasteiger partial charge in [-0.15, -0.1) is 0 Å². The van der Waals surface area contributed by atoms with E-state index in [9.17, 15) is 12.8 Å². The number of alkyl halides is 1. The van der Waals surface area contributed by atoms with Gasteiger partial charge < -0.3 is 0 Å². The Kier molecular flexibility index (Phi) is 4.02. The molecule has 1 aromatic rings. The van der Waals surface area contributed by atoms with E-state index in [2.05, 4.69) is 0 Å². The first-order valence-electron chi connectivity index (χ1n) is 4.83. The Morgan fingerprint density at radius 1 is 1.44 bits per heavy atom. The van der Waals surface area contributed by atoms with Crippen LogP contribution < -0.4 is 0 Å². The molecule has 0 N–H and O–H groups in total. The maximum absolute atomic E-state index is 12.6. The first-order valence-corrected chi connectivity index (χ1v) is 6.48. The summed E-state index contributed by atoms with van der Waals surface area (Å²) >= 11 is 0. The monoisotopic (exact) mass is 241 g/mol. The molecule has 3 nitrogen and oxygen atoms in total. The molecule has 16 heavy (non-hydrogen) atoms. The van der Waals surface area contributed by atoms with Gasteiger partial charge in [0.2, 0.25) is 0 Å². The van der Waals surface area contributed by atoms with Crippen LogP contribution in [0.3, 0.4) is 0 Å². The highest BCUT2D eigenvalue weighted by atomic mass is 32.2. The Hall–Kier alpha value is -1.41. The molecule has 1 atom stereocenters. The van der Waals surface area contributed by atoms with Crippen LogP contribution in [0.4, 0.5) is 4.39 Å². The van der Waals surface area contributed by atoms with Crippen molar-refractivity contribution in [1.82, 2.24) is 0 Å². The van der Waals surface area contributed by atoms with Crippen LogP contribution in [0.2, 0.25) is 0 Å². The average molecular weight is 241 g/mol. The molecule has 0 bridgehead atoms. The molecule has 0 fully saturated rings. The van der Waals surface area contributed by atoms with E-state index in [0.717, 1.165) is 0 Å². The number of halogens is 1. The normalized spacial score (nSPS) is 13.1. The van der Waals surface area contributed by atoms with E-state index in [1.807, 2.05) is 6.07 Å². The van der Waals surface area contributed by atoms with Crippen molar-refractivity contribution in [1.29, 1.82) is 5.26 Å². The van der Waals surface area contributed by atoms with Crippen LogP contribution in [-0.4, -0.2) is 20.3 Å². The number of hydrogen-bond donors (Lipinski definition) is 0. The van der Waals surface area contributed by atoms with Crippen molar-refractivity contribution in [2.45, 2.75) is 24.4 Å². The maximum Gasteiger partial charge on any atom is 0.179 e. The molecule has 0 radical (unpaired) electrons. The van der Waals surface area contributed by atoms with Crippen molar-refractivity contribution in [3.05, 3.63) is 29.8 Å². The van der Waals surface area contributed by atoms with E-state index in [-0.39, 0.29) is 22.6 Å². The Bertz CT molecular complexity index is 503. The second kappa shape index (κ2) is 5.08. The van der Waals surface area contributed by atoms with Gasteiger partial charge in [-0.05, 0) is 25.5 Å². The SMILES string of the molecule is CC(F)CCS(=O)(=O)c1ccccc1C#N. The van der Waals surface area contributed by atoms with Crippen LogP contribution in [0, 0.1) is 11.3 Å². The first kappa shape index (κ1) is 12.7. The van der Waals surface area contributed by atoms with Gasteiger partial charge in [-0.1, -0.05) is 12.1 Å². The van der Waals surface area contributed by atoms with Crippen LogP contribution in [0.1, 0.15) is 18.9 Å². The summed E-state index contributed by atoms with van der Waals surface area (Å²) in [6, 6.07) is 7.77. The lowest BCUT2D eigenvalue weighted by atomic mass is 10.2. The molecule has 0 aromatic heterocycles. The van der Waals surface area contributed by atoms with Crippen molar-refractivity contribution in [3.63, 3.8) is 0 Å². The van der Waals surface area contributed by atoms with Crippen LogP contribution >= 0.6 is 0 Å². The molecule has 0 aliphatic heterocycles. The number of hydrogen-bond acceptors (Lipinski definition) is 3. The number of sulfone groups is 1.